The maximum Gasteiger partial charge on any atom is 0.387 e. The lowest BCUT2D eigenvalue weighted by atomic mass is 10.1. The number of aryl methyl sites for hydroxylation is 1. The van der Waals surface area contributed by atoms with E-state index in [4.69, 9.17) is 0 Å². The number of guanidine groups is 1. The average Bonchev–Trinajstić information content (AvgIpc) is 3.04. The van der Waals surface area contributed by atoms with Gasteiger partial charge in [-0.3, -0.25) is 4.99 Å². The van der Waals surface area contributed by atoms with Gasteiger partial charge in [0.05, 0.1) is 17.7 Å². The van der Waals surface area contributed by atoms with Crippen LogP contribution in [0.5, 0.6) is 5.75 Å². The molecule has 1 unspecified atom stereocenters. The molecule has 3 N–H and O–H groups in total. The summed E-state index contributed by atoms with van der Waals surface area (Å²) in [5.41, 5.74) is 0.578. The van der Waals surface area contributed by atoms with E-state index in [1.807, 2.05) is 20.0 Å². The summed E-state index contributed by atoms with van der Waals surface area (Å²) in [5, 5.41) is 17.6. The zero-order valence-electron chi connectivity index (χ0n) is 15.3. The Morgan fingerprint density at radius 2 is 2.04 bits per heavy atom. The number of nitrogens with one attached hydrogen (secondary N) is 2. The Labute approximate surface area is 161 Å². The molecular formula is C18H24F2N4O2S. The molecule has 1 aromatic heterocycles. The maximum absolute atomic E-state index is 12.2. The highest BCUT2D eigenvalue weighted by molar-refractivity contribution is 7.11. The predicted molar refractivity (Wildman–Crippen MR) is 103 cm³/mol. The second-order valence-corrected chi connectivity index (χ2v) is 7.04. The van der Waals surface area contributed by atoms with Crippen LogP contribution < -0.4 is 15.4 Å². The molecule has 0 spiro atoms. The van der Waals surface area contributed by atoms with Gasteiger partial charge in [0.1, 0.15) is 5.75 Å². The van der Waals surface area contributed by atoms with Crippen molar-refractivity contribution in [1.29, 1.82) is 0 Å². The Morgan fingerprint density at radius 3 is 2.63 bits per heavy atom. The summed E-state index contributed by atoms with van der Waals surface area (Å²) in [6.07, 6.45) is 1.80. The quantitative estimate of drug-likeness (QED) is 0.447. The molecule has 0 saturated heterocycles. The van der Waals surface area contributed by atoms with Gasteiger partial charge in [-0.2, -0.15) is 8.78 Å². The van der Waals surface area contributed by atoms with Crippen LogP contribution in [0.2, 0.25) is 0 Å². The number of benzene rings is 1. The van der Waals surface area contributed by atoms with E-state index in [1.165, 1.54) is 17.0 Å². The molecule has 148 valence electrons. The number of hydrogen-bond donors (Lipinski definition) is 3. The number of aromatic nitrogens is 1. The van der Waals surface area contributed by atoms with Crippen LogP contribution in [0.3, 0.4) is 0 Å². The van der Waals surface area contributed by atoms with Crippen molar-refractivity contribution in [2.24, 2.45) is 4.99 Å². The van der Waals surface area contributed by atoms with E-state index in [1.54, 1.807) is 23.5 Å². The number of thiazole rings is 1. The number of hydrogen-bond acceptors (Lipinski definition) is 5. The molecule has 0 aliphatic heterocycles. The first-order valence-electron chi connectivity index (χ1n) is 8.64. The number of ether oxygens (including phenoxy) is 1. The molecule has 1 aromatic carbocycles. The number of aliphatic imine (C=N–C) groups is 1. The Hall–Kier alpha value is -2.26. The summed E-state index contributed by atoms with van der Waals surface area (Å²) < 4.78 is 28.6. The van der Waals surface area contributed by atoms with Gasteiger partial charge in [0.25, 0.3) is 0 Å². The highest BCUT2D eigenvalue weighted by atomic mass is 32.1. The Balaban J connectivity index is 1.86. The zero-order chi connectivity index (χ0) is 19.6. The molecule has 2 aromatic rings. The third kappa shape index (κ3) is 7.48. The molecule has 9 heteroatoms. The third-order valence-corrected chi connectivity index (χ3v) is 4.53. The summed E-state index contributed by atoms with van der Waals surface area (Å²) in [4.78, 5) is 9.87. The summed E-state index contributed by atoms with van der Waals surface area (Å²) in [5.74, 6) is 0.652. The fourth-order valence-electron chi connectivity index (χ4n) is 2.30. The Morgan fingerprint density at radius 1 is 1.30 bits per heavy atom. The van der Waals surface area contributed by atoms with Crippen molar-refractivity contribution >= 4 is 17.3 Å². The van der Waals surface area contributed by atoms with Gasteiger partial charge < -0.3 is 20.5 Å². The Bertz CT molecular complexity index is 722. The van der Waals surface area contributed by atoms with Crippen molar-refractivity contribution in [3.05, 3.63) is 45.9 Å². The van der Waals surface area contributed by atoms with Crippen molar-refractivity contribution in [1.82, 2.24) is 15.6 Å². The van der Waals surface area contributed by atoms with Gasteiger partial charge in [-0.15, -0.1) is 11.3 Å². The second kappa shape index (κ2) is 10.8. The lowest BCUT2D eigenvalue weighted by Gasteiger charge is -2.13. The predicted octanol–water partition coefficient (Wildman–Crippen LogP) is 2.88. The third-order valence-electron chi connectivity index (χ3n) is 3.56. The van der Waals surface area contributed by atoms with Crippen LogP contribution >= 0.6 is 11.3 Å². The van der Waals surface area contributed by atoms with Crippen LogP contribution in [-0.2, 0) is 6.42 Å². The monoisotopic (exact) mass is 398 g/mol. The molecule has 0 bridgehead atoms. The molecule has 0 saturated carbocycles. The fraction of sp³-hybridized carbons (Fsp3) is 0.444. The largest absolute Gasteiger partial charge is 0.435 e. The second-order valence-electron chi connectivity index (χ2n) is 5.72. The smallest absolute Gasteiger partial charge is 0.387 e. The van der Waals surface area contributed by atoms with Gasteiger partial charge in [-0.1, -0.05) is 12.1 Å². The van der Waals surface area contributed by atoms with Crippen LogP contribution in [0, 0.1) is 6.92 Å². The molecule has 1 atom stereocenters. The van der Waals surface area contributed by atoms with E-state index < -0.39 is 12.7 Å². The van der Waals surface area contributed by atoms with Crippen molar-refractivity contribution in [3.8, 4) is 5.75 Å². The number of rotatable bonds is 9. The highest BCUT2D eigenvalue weighted by Gasteiger charge is 2.10. The molecule has 6 nitrogen and oxygen atoms in total. The normalized spacial score (nSPS) is 12.9. The molecule has 0 aliphatic rings. The van der Waals surface area contributed by atoms with Crippen molar-refractivity contribution in [2.45, 2.75) is 33.0 Å². The first-order valence-corrected chi connectivity index (χ1v) is 9.46. The summed E-state index contributed by atoms with van der Waals surface area (Å²) in [6, 6.07) is 5.88. The van der Waals surface area contributed by atoms with Crippen LogP contribution in [0.25, 0.3) is 0 Å². The van der Waals surface area contributed by atoms with Crippen LogP contribution in [0.4, 0.5) is 8.78 Å². The van der Waals surface area contributed by atoms with E-state index in [2.05, 4.69) is 25.3 Å². The van der Waals surface area contributed by atoms with Gasteiger partial charge in [-0.25, -0.2) is 4.98 Å². The van der Waals surface area contributed by atoms with E-state index in [-0.39, 0.29) is 12.3 Å². The number of alkyl halides is 2. The molecule has 2 rings (SSSR count). The molecule has 27 heavy (non-hydrogen) atoms. The van der Waals surface area contributed by atoms with E-state index in [0.717, 1.165) is 11.4 Å². The minimum absolute atomic E-state index is 0.0527. The fourth-order valence-corrected chi connectivity index (χ4v) is 3.09. The number of nitrogens with zero attached hydrogens (tertiary/aromatic N) is 2. The summed E-state index contributed by atoms with van der Waals surface area (Å²) in [7, 11) is 0. The molecule has 0 aliphatic carbocycles. The van der Waals surface area contributed by atoms with Gasteiger partial charge in [0, 0.05) is 30.6 Å². The van der Waals surface area contributed by atoms with Crippen LogP contribution in [0.1, 0.15) is 28.5 Å². The molecule has 0 amide bonds. The van der Waals surface area contributed by atoms with Gasteiger partial charge in [0.15, 0.2) is 5.96 Å². The minimum atomic E-state index is -2.87. The van der Waals surface area contributed by atoms with E-state index in [9.17, 15) is 13.9 Å². The summed E-state index contributed by atoms with van der Waals surface area (Å²) >= 11 is 1.66. The molecule has 0 fully saturated rings. The Kier molecular flexibility index (Phi) is 8.41. The first-order chi connectivity index (χ1) is 13.0. The topological polar surface area (TPSA) is 78.8 Å². The van der Waals surface area contributed by atoms with Crippen LogP contribution in [-0.4, -0.2) is 42.3 Å². The van der Waals surface area contributed by atoms with Crippen molar-refractivity contribution in [3.63, 3.8) is 0 Å². The van der Waals surface area contributed by atoms with Crippen molar-refractivity contribution in [2.75, 3.05) is 19.6 Å². The van der Waals surface area contributed by atoms with E-state index >= 15 is 0 Å². The highest BCUT2D eigenvalue weighted by Crippen LogP contribution is 2.19. The standard InChI is InChI=1S/C18H24F2N4O2S/c1-3-21-18(22-9-8-16-23-10-12(2)27-16)24-11-15(25)13-4-6-14(7-5-13)26-17(19)20/h4-7,10,15,17,25H,3,8-9,11H2,1-2H3,(H2,21,22,24). The zero-order valence-corrected chi connectivity index (χ0v) is 16.1. The number of aliphatic hydroxyl groups is 1. The van der Waals surface area contributed by atoms with E-state index in [0.29, 0.717) is 24.6 Å². The minimum Gasteiger partial charge on any atom is -0.435 e. The summed E-state index contributed by atoms with van der Waals surface area (Å²) in [6.45, 7) is 2.62. The van der Waals surface area contributed by atoms with Crippen LogP contribution in [0.15, 0.2) is 35.5 Å². The van der Waals surface area contributed by atoms with Gasteiger partial charge in [-0.05, 0) is 31.5 Å². The molecule has 1 heterocycles. The average molecular weight is 398 g/mol. The molecule has 0 radical (unpaired) electrons. The van der Waals surface area contributed by atoms with Gasteiger partial charge in [0.2, 0.25) is 0 Å². The molecular weight excluding hydrogens is 374 g/mol. The SMILES string of the molecule is CCNC(=NCC(O)c1ccc(OC(F)F)cc1)NCCc1ncc(C)s1. The number of aliphatic hydroxyl groups excluding tert-OH is 1. The van der Waals surface area contributed by atoms with Gasteiger partial charge >= 0.3 is 6.61 Å². The lowest BCUT2D eigenvalue weighted by molar-refractivity contribution is -0.0498. The first kappa shape index (κ1) is 21.0. The number of halogens is 2. The lowest BCUT2D eigenvalue weighted by Crippen LogP contribution is -2.38. The van der Waals surface area contributed by atoms with Crippen molar-refractivity contribution < 1.29 is 18.6 Å². The maximum atomic E-state index is 12.2.